The Morgan fingerprint density at radius 2 is 1.91 bits per heavy atom. The Hall–Kier alpha value is -2.37. The molecule has 0 saturated carbocycles. The summed E-state index contributed by atoms with van der Waals surface area (Å²) >= 11 is 0. The predicted molar refractivity (Wildman–Crippen MR) is 91.2 cm³/mol. The molecule has 0 saturated heterocycles. The third-order valence-corrected chi connectivity index (χ3v) is 3.35. The maximum absolute atomic E-state index is 11.5. The van der Waals surface area contributed by atoms with Gasteiger partial charge in [0.2, 0.25) is 0 Å². The summed E-state index contributed by atoms with van der Waals surface area (Å²) in [4.78, 5) is 15.1. The van der Waals surface area contributed by atoms with Crippen molar-refractivity contribution in [2.24, 2.45) is 0 Å². The first-order valence-corrected chi connectivity index (χ1v) is 7.03. The summed E-state index contributed by atoms with van der Waals surface area (Å²) in [7, 11) is 0. The van der Waals surface area contributed by atoms with E-state index < -0.39 is 6.10 Å². The lowest BCUT2D eigenvalue weighted by Crippen LogP contribution is -2.30. The predicted octanol–water partition coefficient (Wildman–Crippen LogP) is 2.26. The second kappa shape index (κ2) is 7.76. The Bertz CT molecular complexity index is 835. The number of hydrogen-bond donors (Lipinski definition) is 1. The Morgan fingerprint density at radius 1 is 1.13 bits per heavy atom. The molecule has 3 aromatic rings. The summed E-state index contributed by atoms with van der Waals surface area (Å²) in [6.45, 7) is 0.264. The SMILES string of the molecule is Cl.O=c1ncccn1CC(O)COc1ccc2ccccc2c1. The molecule has 1 unspecified atom stereocenters. The molecule has 2 aromatic carbocycles. The third kappa shape index (κ3) is 4.31. The molecule has 1 N–H and O–H groups in total. The number of ether oxygens (including phenoxy) is 1. The Morgan fingerprint density at radius 3 is 2.70 bits per heavy atom. The zero-order valence-electron chi connectivity index (χ0n) is 12.3. The minimum Gasteiger partial charge on any atom is -0.491 e. The van der Waals surface area contributed by atoms with Crippen molar-refractivity contribution in [2.75, 3.05) is 6.61 Å². The van der Waals surface area contributed by atoms with Gasteiger partial charge >= 0.3 is 5.69 Å². The molecule has 0 fully saturated rings. The van der Waals surface area contributed by atoms with Crippen molar-refractivity contribution >= 4 is 23.2 Å². The number of fused-ring (bicyclic) bond motifs is 1. The summed E-state index contributed by atoms with van der Waals surface area (Å²) in [5, 5.41) is 12.2. The normalized spacial score (nSPS) is 11.7. The minimum absolute atomic E-state index is 0. The van der Waals surface area contributed by atoms with E-state index >= 15 is 0 Å². The zero-order chi connectivity index (χ0) is 15.4. The van der Waals surface area contributed by atoms with Gasteiger partial charge in [-0.25, -0.2) is 9.78 Å². The largest absolute Gasteiger partial charge is 0.491 e. The van der Waals surface area contributed by atoms with Crippen LogP contribution in [0.25, 0.3) is 10.8 Å². The molecule has 120 valence electrons. The molecular weight excluding hydrogens is 316 g/mol. The van der Waals surface area contributed by atoms with Crippen LogP contribution in [-0.4, -0.2) is 27.4 Å². The Labute approximate surface area is 139 Å². The van der Waals surface area contributed by atoms with Crippen molar-refractivity contribution in [2.45, 2.75) is 12.6 Å². The van der Waals surface area contributed by atoms with Crippen molar-refractivity contribution in [1.29, 1.82) is 0 Å². The average molecular weight is 333 g/mol. The molecule has 0 spiro atoms. The molecule has 6 heteroatoms. The molecular formula is C17H17ClN2O3. The third-order valence-electron chi connectivity index (χ3n) is 3.35. The fourth-order valence-electron chi connectivity index (χ4n) is 2.26. The summed E-state index contributed by atoms with van der Waals surface area (Å²) in [6.07, 6.45) is 2.24. The number of halogens is 1. The zero-order valence-corrected chi connectivity index (χ0v) is 13.1. The first-order chi connectivity index (χ1) is 10.7. The van der Waals surface area contributed by atoms with Gasteiger partial charge in [0.05, 0.1) is 6.54 Å². The van der Waals surface area contributed by atoms with Gasteiger partial charge in [0.25, 0.3) is 0 Å². The maximum Gasteiger partial charge on any atom is 0.347 e. The molecule has 0 bridgehead atoms. The fraction of sp³-hybridized carbons (Fsp3) is 0.176. The smallest absolute Gasteiger partial charge is 0.347 e. The summed E-state index contributed by atoms with van der Waals surface area (Å²) < 4.78 is 6.96. The van der Waals surface area contributed by atoms with Crippen LogP contribution in [0.2, 0.25) is 0 Å². The van der Waals surface area contributed by atoms with Crippen LogP contribution >= 0.6 is 12.4 Å². The maximum atomic E-state index is 11.5. The standard InChI is InChI=1S/C17H16N2O3.ClH/c20-15(11-19-9-3-8-18-17(19)21)12-22-16-7-6-13-4-1-2-5-14(13)10-16;/h1-10,15,20H,11-12H2;1H. The van der Waals surface area contributed by atoms with Crippen LogP contribution < -0.4 is 10.4 Å². The lowest BCUT2D eigenvalue weighted by Gasteiger charge is -2.13. The van der Waals surface area contributed by atoms with Crippen LogP contribution in [0.5, 0.6) is 5.75 Å². The van der Waals surface area contributed by atoms with Crippen molar-refractivity contribution in [3.63, 3.8) is 0 Å². The number of aliphatic hydroxyl groups excluding tert-OH is 1. The average Bonchev–Trinajstić information content (AvgIpc) is 2.55. The molecule has 5 nitrogen and oxygen atoms in total. The van der Waals surface area contributed by atoms with Gasteiger partial charge in [-0.3, -0.25) is 4.57 Å². The lowest BCUT2D eigenvalue weighted by atomic mass is 10.1. The van der Waals surface area contributed by atoms with Crippen LogP contribution in [-0.2, 0) is 6.54 Å². The number of benzene rings is 2. The van der Waals surface area contributed by atoms with E-state index in [4.69, 9.17) is 4.74 Å². The van der Waals surface area contributed by atoms with Gasteiger partial charge < -0.3 is 9.84 Å². The minimum atomic E-state index is -0.784. The summed E-state index contributed by atoms with van der Waals surface area (Å²) in [6, 6.07) is 15.4. The highest BCUT2D eigenvalue weighted by molar-refractivity contribution is 5.85. The fourth-order valence-corrected chi connectivity index (χ4v) is 2.26. The van der Waals surface area contributed by atoms with Gasteiger partial charge in [-0.05, 0) is 29.0 Å². The van der Waals surface area contributed by atoms with Crippen molar-refractivity contribution in [1.82, 2.24) is 9.55 Å². The van der Waals surface area contributed by atoms with Crippen LogP contribution in [0.15, 0.2) is 65.7 Å². The van der Waals surface area contributed by atoms with Gasteiger partial charge in [-0.2, -0.15) is 0 Å². The highest BCUT2D eigenvalue weighted by atomic mass is 35.5. The number of nitrogens with zero attached hydrogens (tertiary/aromatic N) is 2. The number of hydrogen-bond acceptors (Lipinski definition) is 4. The quantitative estimate of drug-likeness (QED) is 0.778. The number of rotatable bonds is 5. The first kappa shape index (κ1) is 17.0. The monoisotopic (exact) mass is 332 g/mol. The first-order valence-electron chi connectivity index (χ1n) is 7.03. The van der Waals surface area contributed by atoms with Crippen molar-refractivity contribution in [3.8, 4) is 5.75 Å². The van der Waals surface area contributed by atoms with E-state index in [1.807, 2.05) is 42.5 Å². The van der Waals surface area contributed by atoms with E-state index in [2.05, 4.69) is 4.98 Å². The van der Waals surface area contributed by atoms with E-state index in [0.29, 0.717) is 5.75 Å². The highest BCUT2D eigenvalue weighted by Crippen LogP contribution is 2.20. The topological polar surface area (TPSA) is 64.4 Å². The van der Waals surface area contributed by atoms with Gasteiger partial charge in [0.15, 0.2) is 0 Å². The molecule has 1 atom stereocenters. The summed E-state index contributed by atoms with van der Waals surface area (Å²) in [5.41, 5.74) is -0.382. The lowest BCUT2D eigenvalue weighted by molar-refractivity contribution is 0.0913. The highest BCUT2D eigenvalue weighted by Gasteiger charge is 2.08. The van der Waals surface area contributed by atoms with Crippen LogP contribution in [0.4, 0.5) is 0 Å². The van der Waals surface area contributed by atoms with Crippen LogP contribution in [0, 0.1) is 0 Å². The van der Waals surface area contributed by atoms with Crippen LogP contribution in [0.1, 0.15) is 0 Å². The van der Waals surface area contributed by atoms with E-state index in [0.717, 1.165) is 10.8 Å². The number of aromatic nitrogens is 2. The van der Waals surface area contributed by atoms with Crippen molar-refractivity contribution in [3.05, 3.63) is 71.4 Å². The molecule has 0 aliphatic carbocycles. The Kier molecular flexibility index (Phi) is 5.73. The molecule has 0 amide bonds. The molecule has 1 heterocycles. The van der Waals surface area contributed by atoms with Gasteiger partial charge in [-0.1, -0.05) is 30.3 Å². The molecule has 1 aromatic heterocycles. The van der Waals surface area contributed by atoms with E-state index in [-0.39, 0.29) is 31.2 Å². The second-order valence-electron chi connectivity index (χ2n) is 5.03. The van der Waals surface area contributed by atoms with Gasteiger partial charge in [0.1, 0.15) is 18.5 Å². The molecule has 0 aliphatic heterocycles. The van der Waals surface area contributed by atoms with Gasteiger partial charge in [0, 0.05) is 12.4 Å². The van der Waals surface area contributed by atoms with E-state index in [9.17, 15) is 9.90 Å². The molecule has 3 rings (SSSR count). The van der Waals surface area contributed by atoms with Crippen molar-refractivity contribution < 1.29 is 9.84 Å². The van der Waals surface area contributed by atoms with Gasteiger partial charge in [-0.15, -0.1) is 12.4 Å². The molecule has 23 heavy (non-hydrogen) atoms. The van der Waals surface area contributed by atoms with Crippen LogP contribution in [0.3, 0.4) is 0 Å². The number of aliphatic hydroxyl groups is 1. The summed E-state index contributed by atoms with van der Waals surface area (Å²) in [5.74, 6) is 0.691. The van der Waals surface area contributed by atoms with E-state index in [1.54, 1.807) is 12.3 Å². The second-order valence-corrected chi connectivity index (χ2v) is 5.03. The van der Waals surface area contributed by atoms with E-state index in [1.165, 1.54) is 10.8 Å². The molecule has 0 radical (unpaired) electrons. The Balaban J connectivity index is 0.00000192. The molecule has 0 aliphatic rings.